The van der Waals surface area contributed by atoms with E-state index in [1.165, 1.54) is 12.8 Å². The first kappa shape index (κ1) is 15.3. The molecule has 1 aliphatic rings. The first-order valence-corrected chi connectivity index (χ1v) is 8.67. The van der Waals surface area contributed by atoms with E-state index in [4.69, 9.17) is 28.9 Å². The molecule has 2 nitrogen and oxygen atoms in total. The normalized spacial score (nSPS) is 26.5. The fraction of sp³-hybridized carbons (Fsp3) is 0.571. The molecule has 1 saturated carbocycles. The molecule has 2 N–H and O–H groups in total. The highest BCUT2D eigenvalue weighted by atomic mass is 35.5. The maximum absolute atomic E-state index is 12.7. The number of hydrogen-bond acceptors (Lipinski definition) is 2. The fourth-order valence-corrected chi connectivity index (χ4v) is 4.50. The van der Waals surface area contributed by atoms with Crippen LogP contribution in [0.1, 0.15) is 38.5 Å². The second kappa shape index (κ2) is 7.07. The summed E-state index contributed by atoms with van der Waals surface area (Å²) in [6.07, 6.45) is 6.56. The molecule has 3 atom stereocenters. The number of rotatable bonds is 2. The van der Waals surface area contributed by atoms with Gasteiger partial charge in [0.2, 0.25) is 0 Å². The molecule has 0 spiro atoms. The molecule has 106 valence electrons. The number of benzene rings is 1. The summed E-state index contributed by atoms with van der Waals surface area (Å²) >= 11 is 11.9. The number of nitrogens with two attached hydrogens (primary N) is 1. The highest BCUT2D eigenvalue weighted by Gasteiger charge is 2.26. The van der Waals surface area contributed by atoms with Crippen LogP contribution in [0.4, 0.5) is 0 Å². The SMILES string of the molecule is NC1CCCCCCC1S(=O)c1ccc(Cl)c(Cl)c1. The second-order valence-corrected chi connectivity index (χ2v) is 7.55. The van der Waals surface area contributed by atoms with E-state index >= 15 is 0 Å². The zero-order valence-electron chi connectivity index (χ0n) is 10.8. The Balaban J connectivity index is 2.18. The first-order chi connectivity index (χ1) is 9.09. The molecule has 0 aromatic heterocycles. The molecule has 1 aliphatic carbocycles. The van der Waals surface area contributed by atoms with Crippen molar-refractivity contribution in [2.45, 2.75) is 54.7 Å². The summed E-state index contributed by atoms with van der Waals surface area (Å²) in [7, 11) is -1.11. The van der Waals surface area contributed by atoms with Crippen LogP contribution < -0.4 is 5.73 Å². The van der Waals surface area contributed by atoms with Crippen molar-refractivity contribution in [2.75, 3.05) is 0 Å². The maximum Gasteiger partial charge on any atom is 0.0604 e. The van der Waals surface area contributed by atoms with E-state index in [1.807, 2.05) is 0 Å². The van der Waals surface area contributed by atoms with Crippen LogP contribution in [0.3, 0.4) is 0 Å². The van der Waals surface area contributed by atoms with Gasteiger partial charge in [-0.05, 0) is 31.0 Å². The number of halogens is 2. The third kappa shape index (κ3) is 3.94. The van der Waals surface area contributed by atoms with Crippen molar-refractivity contribution in [3.63, 3.8) is 0 Å². The lowest BCUT2D eigenvalue weighted by Crippen LogP contribution is -2.38. The predicted molar refractivity (Wildman–Crippen MR) is 82.3 cm³/mol. The van der Waals surface area contributed by atoms with Crippen molar-refractivity contribution in [3.05, 3.63) is 28.2 Å². The van der Waals surface area contributed by atoms with E-state index in [0.29, 0.717) is 10.0 Å². The molecule has 0 amide bonds. The monoisotopic (exact) mass is 319 g/mol. The first-order valence-electron chi connectivity index (χ1n) is 6.71. The number of hydrogen-bond donors (Lipinski definition) is 1. The Morgan fingerprint density at radius 2 is 1.74 bits per heavy atom. The fourth-order valence-electron chi connectivity index (χ4n) is 2.52. The third-order valence-corrected chi connectivity index (χ3v) is 6.24. The van der Waals surface area contributed by atoms with E-state index in [1.54, 1.807) is 18.2 Å². The minimum atomic E-state index is -1.11. The zero-order valence-corrected chi connectivity index (χ0v) is 13.1. The predicted octanol–water partition coefficient (Wildman–Crippen LogP) is 4.15. The van der Waals surface area contributed by atoms with Crippen LogP contribution in [-0.2, 0) is 10.8 Å². The van der Waals surface area contributed by atoms with Gasteiger partial charge in [0.05, 0.1) is 26.1 Å². The van der Waals surface area contributed by atoms with Crippen molar-refractivity contribution < 1.29 is 4.21 Å². The van der Waals surface area contributed by atoms with Crippen LogP contribution in [0.15, 0.2) is 23.1 Å². The summed E-state index contributed by atoms with van der Waals surface area (Å²) in [4.78, 5) is 0.732. The van der Waals surface area contributed by atoms with Crippen molar-refractivity contribution in [1.82, 2.24) is 0 Å². The Labute approximate surface area is 127 Å². The summed E-state index contributed by atoms with van der Waals surface area (Å²) in [6.45, 7) is 0. The van der Waals surface area contributed by atoms with Gasteiger partial charge in [-0.25, -0.2) is 0 Å². The Morgan fingerprint density at radius 1 is 1.05 bits per heavy atom. The third-order valence-electron chi connectivity index (χ3n) is 3.65. The smallest absolute Gasteiger partial charge is 0.0604 e. The summed E-state index contributed by atoms with van der Waals surface area (Å²) in [5, 5.41) is 0.967. The van der Waals surface area contributed by atoms with Gasteiger partial charge in [-0.15, -0.1) is 0 Å². The summed E-state index contributed by atoms with van der Waals surface area (Å²) < 4.78 is 12.7. The molecule has 19 heavy (non-hydrogen) atoms. The second-order valence-electron chi connectivity index (χ2n) is 5.07. The van der Waals surface area contributed by atoms with Gasteiger partial charge in [-0.3, -0.25) is 4.21 Å². The van der Waals surface area contributed by atoms with E-state index in [-0.39, 0.29) is 11.3 Å². The topological polar surface area (TPSA) is 43.1 Å². The lowest BCUT2D eigenvalue weighted by atomic mass is 9.97. The molecule has 0 heterocycles. The molecule has 0 saturated heterocycles. The van der Waals surface area contributed by atoms with Crippen LogP contribution >= 0.6 is 23.2 Å². The van der Waals surface area contributed by atoms with Gasteiger partial charge in [-0.1, -0.05) is 48.9 Å². The molecule has 3 unspecified atom stereocenters. The summed E-state index contributed by atoms with van der Waals surface area (Å²) in [6, 6.07) is 5.20. The molecular weight excluding hydrogens is 301 g/mol. The molecule has 0 radical (unpaired) electrons. The quantitative estimate of drug-likeness (QED) is 0.889. The van der Waals surface area contributed by atoms with Crippen molar-refractivity contribution in [3.8, 4) is 0 Å². The molecule has 1 aromatic carbocycles. The minimum absolute atomic E-state index is 0.00980. The van der Waals surface area contributed by atoms with Gasteiger partial charge in [0, 0.05) is 10.9 Å². The van der Waals surface area contributed by atoms with E-state index in [2.05, 4.69) is 0 Å². The van der Waals surface area contributed by atoms with Crippen molar-refractivity contribution >= 4 is 34.0 Å². The summed E-state index contributed by atoms with van der Waals surface area (Å²) in [5.74, 6) is 0. The largest absolute Gasteiger partial charge is 0.327 e. The standard InChI is InChI=1S/C14H19Cl2NOS/c15-11-8-7-10(9-12(11)16)19(18)14-6-4-2-1-3-5-13(14)17/h7-9,13-14H,1-6,17H2. The molecule has 2 rings (SSSR count). The van der Waals surface area contributed by atoms with Gasteiger partial charge >= 0.3 is 0 Å². The maximum atomic E-state index is 12.7. The lowest BCUT2D eigenvalue weighted by molar-refractivity contribution is 0.456. The Morgan fingerprint density at radius 3 is 2.42 bits per heavy atom. The van der Waals surface area contributed by atoms with Crippen molar-refractivity contribution in [2.24, 2.45) is 5.73 Å². The average Bonchev–Trinajstić information content (AvgIpc) is 2.37. The lowest BCUT2D eigenvalue weighted by Gasteiger charge is -2.25. The Kier molecular flexibility index (Phi) is 5.70. The molecule has 0 aliphatic heterocycles. The van der Waals surface area contributed by atoms with Crippen LogP contribution in [-0.4, -0.2) is 15.5 Å². The Bertz CT molecular complexity index is 467. The average molecular weight is 320 g/mol. The highest BCUT2D eigenvalue weighted by molar-refractivity contribution is 7.85. The van der Waals surface area contributed by atoms with Crippen LogP contribution in [0.5, 0.6) is 0 Å². The van der Waals surface area contributed by atoms with E-state index in [0.717, 1.165) is 30.6 Å². The van der Waals surface area contributed by atoms with Gasteiger partial charge in [0.25, 0.3) is 0 Å². The van der Waals surface area contributed by atoms with Gasteiger partial charge < -0.3 is 5.73 Å². The van der Waals surface area contributed by atoms with Crippen LogP contribution in [0, 0.1) is 0 Å². The van der Waals surface area contributed by atoms with Crippen molar-refractivity contribution in [1.29, 1.82) is 0 Å². The van der Waals surface area contributed by atoms with E-state index < -0.39 is 10.8 Å². The summed E-state index contributed by atoms with van der Waals surface area (Å²) in [5.41, 5.74) is 6.20. The molecule has 1 fully saturated rings. The highest BCUT2D eigenvalue weighted by Crippen LogP contribution is 2.28. The van der Waals surface area contributed by atoms with E-state index in [9.17, 15) is 4.21 Å². The van der Waals surface area contributed by atoms with Gasteiger partial charge in [0.1, 0.15) is 0 Å². The van der Waals surface area contributed by atoms with Gasteiger partial charge in [0.15, 0.2) is 0 Å². The van der Waals surface area contributed by atoms with Crippen LogP contribution in [0.25, 0.3) is 0 Å². The van der Waals surface area contributed by atoms with Crippen LogP contribution in [0.2, 0.25) is 10.0 Å². The molecular formula is C14H19Cl2NOS. The van der Waals surface area contributed by atoms with Gasteiger partial charge in [-0.2, -0.15) is 0 Å². The molecule has 1 aromatic rings. The Hall–Kier alpha value is -0.0900. The zero-order chi connectivity index (χ0) is 13.8. The molecule has 0 bridgehead atoms. The molecule has 5 heteroatoms. The minimum Gasteiger partial charge on any atom is -0.327 e.